The molecule has 2 rings (SSSR count). The number of halogens is 7. The Labute approximate surface area is 189 Å². The van der Waals surface area contributed by atoms with Crippen LogP contribution in [0.15, 0.2) is 48.5 Å². The van der Waals surface area contributed by atoms with E-state index >= 15 is 0 Å². The van der Waals surface area contributed by atoms with Crippen LogP contribution >= 0.6 is 64.6 Å². The number of hydrogen-bond donors (Lipinski definition) is 0. The molecule has 0 saturated carbocycles. The van der Waals surface area contributed by atoms with Crippen LogP contribution in [0.4, 0.5) is 0 Å². The molecular weight excluding hydrogens is 620 g/mol. The maximum atomic E-state index is 12.4. The van der Waals surface area contributed by atoms with Crippen LogP contribution in [0.5, 0.6) is 5.75 Å². The van der Waals surface area contributed by atoms with Crippen LogP contribution in [0, 0.1) is 0 Å². The molecule has 0 atom stereocenters. The summed E-state index contributed by atoms with van der Waals surface area (Å²) in [6, 6.07) is 14.5. The molecule has 0 spiro atoms. The number of methoxy groups -OCH3 is 1. The minimum atomic E-state index is -5.42. The van der Waals surface area contributed by atoms with Crippen LogP contribution in [0.3, 0.4) is 0 Å². The third-order valence-electron chi connectivity index (χ3n) is 3.41. The van der Waals surface area contributed by atoms with E-state index in [1.54, 1.807) is 43.0 Å². The summed E-state index contributed by atoms with van der Waals surface area (Å²) in [6.45, 7) is 1.91. The van der Waals surface area contributed by atoms with E-state index in [9.17, 15) is 4.79 Å². The normalized spacial score (nSPS) is 14.6. The van der Waals surface area contributed by atoms with Gasteiger partial charge in [-0.1, -0.05) is 11.6 Å². The van der Waals surface area contributed by atoms with E-state index in [0.717, 1.165) is 17.0 Å². The van der Waals surface area contributed by atoms with Crippen LogP contribution in [0.25, 0.3) is 0 Å². The second-order valence-electron chi connectivity index (χ2n) is 5.64. The third-order valence-corrected chi connectivity index (χ3v) is 3.66. The van der Waals surface area contributed by atoms with Gasteiger partial charge in [0.05, 0.1) is 12.7 Å². The Morgan fingerprint density at radius 1 is 0.857 bits per heavy atom. The molecule has 0 N–H and O–H groups in total. The molecule has 3 nitrogen and oxygen atoms in total. The molecule has 11 heteroatoms. The molecule has 0 aliphatic carbocycles. The molecule has 0 bridgehead atoms. The summed E-state index contributed by atoms with van der Waals surface area (Å²) in [4.78, 5) is 12.4. The molecule has 156 valence electrons. The fourth-order valence-electron chi connectivity index (χ4n) is 1.96. The monoisotopic (exact) mass is 633 g/mol. The van der Waals surface area contributed by atoms with E-state index in [4.69, 9.17) is 69.3 Å². The molecule has 2 aromatic carbocycles. The molecule has 0 aliphatic rings. The summed E-state index contributed by atoms with van der Waals surface area (Å²) in [5.74, 6) is 0.721. The molecule has 0 heterocycles. The third kappa shape index (κ3) is 11.6. The zero-order valence-corrected chi connectivity index (χ0v) is 22.8. The van der Waals surface area contributed by atoms with Crippen LogP contribution in [-0.2, 0) is 0 Å². The summed E-state index contributed by atoms with van der Waals surface area (Å²) < 4.78 is 6.77. The van der Waals surface area contributed by atoms with Gasteiger partial charge in [-0.2, -0.15) is 4.58 Å². The van der Waals surface area contributed by atoms with Crippen molar-refractivity contribution in [3.05, 3.63) is 64.7 Å². The zero-order chi connectivity index (χ0) is 21.8. The number of hydrogen-bond acceptors (Lipinski definition) is 2. The molecule has 0 aromatic heterocycles. The first-order chi connectivity index (χ1) is 12.5. The summed E-state index contributed by atoms with van der Waals surface area (Å²) in [6.07, 6.45) is 0. The first-order valence-corrected chi connectivity index (χ1v) is 27.3. The van der Waals surface area contributed by atoms with Crippen molar-refractivity contribution in [2.24, 2.45) is 0 Å². The van der Waals surface area contributed by atoms with Gasteiger partial charge in [-0.15, -0.1) is 0 Å². The fraction of sp³-hybridized carbons (Fsp3) is 0.176. The molecular formula is C17H17Cl7NO2Sb. The van der Waals surface area contributed by atoms with Gasteiger partial charge in [-0.3, -0.25) is 0 Å². The van der Waals surface area contributed by atoms with Crippen LogP contribution in [0.2, 0.25) is 5.02 Å². The van der Waals surface area contributed by atoms with Gasteiger partial charge in [0.1, 0.15) is 12.8 Å². The Morgan fingerprint density at radius 3 is 1.64 bits per heavy atom. The number of ether oxygens (including phenoxy) is 1. The number of benzene rings is 2. The molecule has 0 unspecified atom stereocenters. The van der Waals surface area contributed by atoms with Gasteiger partial charge in [0.2, 0.25) is 0 Å². The standard InChI is InChI=1S/C17H17ClNO2.6ClH.Sb/c1-12(13-6-10-16(21-3)11-7-13)19(2)17(20)14-4-8-15(18)9-5-14;;;;;;;/h4-11H,1-3H3;6*1H;/q+1;;;;;;;+5/p-6. The summed E-state index contributed by atoms with van der Waals surface area (Å²) in [7, 11) is 28.4. The number of carbonyl (C=O) groups excluding carboxylic acids is 1. The fourth-order valence-corrected chi connectivity index (χ4v) is 2.09. The van der Waals surface area contributed by atoms with Gasteiger partial charge in [0, 0.05) is 17.5 Å². The van der Waals surface area contributed by atoms with Gasteiger partial charge in [0.25, 0.3) is 0 Å². The predicted octanol–water partition coefficient (Wildman–Crippen LogP) is 7.40. The topological polar surface area (TPSA) is 29.3 Å². The van der Waals surface area contributed by atoms with Gasteiger partial charge in [-0.05, 0) is 48.5 Å². The van der Waals surface area contributed by atoms with E-state index in [0.29, 0.717) is 10.6 Å². The molecule has 2 aromatic rings. The molecule has 0 radical (unpaired) electrons. The zero-order valence-electron chi connectivity index (χ0n) is 15.0. The summed E-state index contributed by atoms with van der Waals surface area (Å²) >= 11 is 5.84. The van der Waals surface area contributed by atoms with Crippen molar-refractivity contribution in [2.45, 2.75) is 6.92 Å². The van der Waals surface area contributed by atoms with Gasteiger partial charge < -0.3 is 4.74 Å². The second-order valence-corrected chi connectivity index (χ2v) is 63.0. The Morgan fingerprint density at radius 2 is 1.25 bits per heavy atom. The van der Waals surface area contributed by atoms with Crippen molar-refractivity contribution in [2.75, 3.05) is 14.2 Å². The molecule has 0 saturated heterocycles. The Kier molecular flexibility index (Phi) is 8.77. The Bertz CT molecular complexity index is 864. The van der Waals surface area contributed by atoms with Crippen molar-refractivity contribution in [1.29, 1.82) is 0 Å². The predicted molar refractivity (Wildman–Crippen MR) is 126 cm³/mol. The molecule has 1 amide bonds. The number of carbonyl (C=O) groups is 1. The van der Waals surface area contributed by atoms with Gasteiger partial charge in [0.15, 0.2) is 5.71 Å². The van der Waals surface area contributed by atoms with Crippen molar-refractivity contribution in [1.82, 2.24) is 0 Å². The number of nitrogens with zero attached hydrogens (tertiary/aromatic N) is 1. The van der Waals surface area contributed by atoms with Crippen molar-refractivity contribution in [3.63, 3.8) is 0 Å². The number of amides is 1. The van der Waals surface area contributed by atoms with Gasteiger partial charge in [-0.25, -0.2) is 4.79 Å². The number of rotatable bonds is 3. The van der Waals surface area contributed by atoms with Crippen molar-refractivity contribution >= 4 is 85.3 Å². The first-order valence-electron chi connectivity index (χ1n) is 7.56. The minimum absolute atomic E-state index is 0.0695. The van der Waals surface area contributed by atoms with E-state index in [1.165, 1.54) is 0 Å². The first kappa shape index (κ1) is 26.5. The quantitative estimate of drug-likeness (QED) is 0.200. The average Bonchev–Trinajstić information content (AvgIpc) is 2.58. The van der Waals surface area contributed by atoms with E-state index in [1.807, 2.05) is 31.2 Å². The van der Waals surface area contributed by atoms with Gasteiger partial charge >= 0.3 is 68.0 Å². The van der Waals surface area contributed by atoms with E-state index < -0.39 is 9.14 Å². The molecule has 28 heavy (non-hydrogen) atoms. The van der Waals surface area contributed by atoms with Crippen LogP contribution < -0.4 is 4.74 Å². The summed E-state index contributed by atoms with van der Waals surface area (Å²) in [5, 5.41) is 0.616. The Hall–Kier alpha value is 0.428. The van der Waals surface area contributed by atoms with Crippen molar-refractivity contribution in [3.8, 4) is 5.75 Å². The molecule has 0 fully saturated rings. The van der Waals surface area contributed by atoms with E-state index in [-0.39, 0.29) is 5.91 Å². The molecule has 0 aliphatic heterocycles. The second kappa shape index (κ2) is 9.28. The van der Waals surface area contributed by atoms with Crippen LogP contribution in [0.1, 0.15) is 22.8 Å². The van der Waals surface area contributed by atoms with Crippen LogP contribution in [-0.4, -0.2) is 39.5 Å². The van der Waals surface area contributed by atoms with E-state index in [2.05, 4.69) is 0 Å². The van der Waals surface area contributed by atoms with Crippen molar-refractivity contribution < 1.29 is 14.1 Å². The SMILES string of the molecule is COc1ccc(C(C)=[N+](C)C(=O)c2ccc(Cl)cc2)cc1.[Cl][Sb-]([Cl])([Cl])([Cl])([Cl])[Cl]. The summed E-state index contributed by atoms with van der Waals surface area (Å²) in [5.41, 5.74) is 2.45. The maximum absolute atomic E-state index is 12.4. The average molecular weight is 637 g/mol. The Balaban J connectivity index is 0.000000480.